The fourth-order valence-corrected chi connectivity index (χ4v) is 3.66. The van der Waals surface area contributed by atoms with Gasteiger partial charge in [0.1, 0.15) is 6.10 Å². The molecule has 0 radical (unpaired) electrons. The van der Waals surface area contributed by atoms with E-state index in [0.29, 0.717) is 12.8 Å². The van der Waals surface area contributed by atoms with Crippen LogP contribution in [0.1, 0.15) is 66.2 Å². The summed E-state index contributed by atoms with van der Waals surface area (Å²) >= 11 is 0. The highest BCUT2D eigenvalue weighted by atomic mass is 16.5. The number of esters is 1. The molecule has 2 unspecified atom stereocenters. The largest absolute Gasteiger partial charge is 0.469 e. The van der Waals surface area contributed by atoms with E-state index in [9.17, 15) is 14.7 Å². The quantitative estimate of drug-likeness (QED) is 0.659. The summed E-state index contributed by atoms with van der Waals surface area (Å²) in [7, 11) is 1.32. The number of aliphatic hydroxyl groups is 1. The standard InChI is InChI=1S/C18H32O5/c1-6-12(15(20)9-16(21)22-5)10-18(4)11-13(7-2)17(23-18)14(19)8-3/h12-13,15,17,20H,6-11H2,1-5H3/t12-,13?,15-,17?,18-/m1/s1. The van der Waals surface area contributed by atoms with Crippen molar-refractivity contribution in [3.05, 3.63) is 0 Å². The second kappa shape index (κ2) is 8.78. The molecular formula is C18H32O5. The number of ketones is 1. The molecule has 0 saturated carbocycles. The zero-order valence-corrected chi connectivity index (χ0v) is 15.1. The molecule has 0 bridgehead atoms. The van der Waals surface area contributed by atoms with Gasteiger partial charge in [-0.15, -0.1) is 0 Å². The highest BCUT2D eigenvalue weighted by Gasteiger charge is 2.46. The second-order valence-corrected chi connectivity index (χ2v) is 6.90. The molecule has 1 rings (SSSR count). The van der Waals surface area contributed by atoms with E-state index in [1.165, 1.54) is 7.11 Å². The van der Waals surface area contributed by atoms with Crippen molar-refractivity contribution in [2.45, 2.75) is 84.0 Å². The van der Waals surface area contributed by atoms with Gasteiger partial charge in [0, 0.05) is 6.42 Å². The van der Waals surface area contributed by atoms with Crippen LogP contribution in [0.2, 0.25) is 0 Å². The van der Waals surface area contributed by atoms with Gasteiger partial charge in [-0.3, -0.25) is 9.59 Å². The Morgan fingerprint density at radius 1 is 1.35 bits per heavy atom. The fraction of sp³-hybridized carbons (Fsp3) is 0.889. The van der Waals surface area contributed by atoms with E-state index in [0.717, 1.165) is 19.3 Å². The Bertz CT molecular complexity index is 408. The van der Waals surface area contributed by atoms with Crippen LogP contribution in [0.25, 0.3) is 0 Å². The number of carbonyl (C=O) groups excluding carboxylic acids is 2. The summed E-state index contributed by atoms with van der Waals surface area (Å²) in [5, 5.41) is 10.3. The van der Waals surface area contributed by atoms with Crippen molar-refractivity contribution in [2.24, 2.45) is 11.8 Å². The van der Waals surface area contributed by atoms with E-state index in [2.05, 4.69) is 11.7 Å². The lowest BCUT2D eigenvalue weighted by molar-refractivity contribution is -0.144. The van der Waals surface area contributed by atoms with E-state index < -0.39 is 17.7 Å². The summed E-state index contributed by atoms with van der Waals surface area (Å²) in [5.74, 6) is -0.0579. The molecular weight excluding hydrogens is 296 g/mol. The van der Waals surface area contributed by atoms with E-state index in [1.54, 1.807) is 0 Å². The van der Waals surface area contributed by atoms with Crippen molar-refractivity contribution in [1.29, 1.82) is 0 Å². The third-order valence-electron chi connectivity index (χ3n) is 5.09. The van der Waals surface area contributed by atoms with Gasteiger partial charge in [-0.05, 0) is 31.6 Å². The van der Waals surface area contributed by atoms with E-state index in [-0.39, 0.29) is 30.1 Å². The lowest BCUT2D eigenvalue weighted by atomic mass is 9.81. The molecule has 134 valence electrons. The van der Waals surface area contributed by atoms with Gasteiger partial charge in [-0.1, -0.05) is 33.6 Å². The Balaban J connectivity index is 2.76. The SMILES string of the molecule is CCC(=O)C1O[C@](C)(C[C@@H](CC)[C@H](O)CC(=O)OC)CC1CC. The number of ether oxygens (including phenoxy) is 2. The number of carbonyl (C=O) groups is 2. The molecule has 1 saturated heterocycles. The molecule has 1 aliphatic rings. The summed E-state index contributed by atoms with van der Waals surface area (Å²) in [5.41, 5.74) is -0.423. The number of hydrogen-bond donors (Lipinski definition) is 1. The first-order chi connectivity index (χ1) is 10.8. The molecule has 1 heterocycles. The first-order valence-electron chi connectivity index (χ1n) is 8.75. The third kappa shape index (κ3) is 5.28. The van der Waals surface area contributed by atoms with Crippen LogP contribution in [-0.2, 0) is 19.1 Å². The molecule has 0 aliphatic carbocycles. The summed E-state index contributed by atoms with van der Waals surface area (Å²) in [6.07, 6.45) is 2.54. The zero-order chi connectivity index (χ0) is 17.6. The molecule has 1 fully saturated rings. The Labute approximate surface area is 139 Å². The smallest absolute Gasteiger partial charge is 0.308 e. The molecule has 23 heavy (non-hydrogen) atoms. The molecule has 0 aromatic carbocycles. The maximum absolute atomic E-state index is 12.1. The normalized spacial score (nSPS) is 30.0. The number of rotatable bonds is 9. The van der Waals surface area contributed by atoms with Crippen LogP contribution >= 0.6 is 0 Å². The number of methoxy groups -OCH3 is 1. The molecule has 1 N–H and O–H groups in total. The molecule has 0 aromatic rings. The van der Waals surface area contributed by atoms with Crippen LogP contribution in [0.3, 0.4) is 0 Å². The van der Waals surface area contributed by atoms with Gasteiger partial charge in [0.15, 0.2) is 5.78 Å². The number of Topliss-reactive ketones (excluding diaryl/α,β-unsaturated/α-hetero) is 1. The minimum Gasteiger partial charge on any atom is -0.469 e. The van der Waals surface area contributed by atoms with Gasteiger partial charge in [0.2, 0.25) is 0 Å². The van der Waals surface area contributed by atoms with E-state index in [1.807, 2.05) is 20.8 Å². The van der Waals surface area contributed by atoms with Crippen LogP contribution < -0.4 is 0 Å². The van der Waals surface area contributed by atoms with Gasteiger partial charge in [0.25, 0.3) is 0 Å². The average molecular weight is 328 g/mol. The predicted octanol–water partition coefficient (Wildman–Crippen LogP) is 2.88. The summed E-state index contributed by atoms with van der Waals surface area (Å²) in [6.45, 7) is 7.96. The Morgan fingerprint density at radius 2 is 2.00 bits per heavy atom. The van der Waals surface area contributed by atoms with Crippen LogP contribution in [0.4, 0.5) is 0 Å². The molecule has 5 heteroatoms. The van der Waals surface area contributed by atoms with Crippen LogP contribution in [-0.4, -0.2) is 41.8 Å². The highest BCUT2D eigenvalue weighted by Crippen LogP contribution is 2.42. The van der Waals surface area contributed by atoms with Crippen molar-refractivity contribution >= 4 is 11.8 Å². The lowest BCUT2D eigenvalue weighted by Gasteiger charge is -2.31. The average Bonchev–Trinajstić information content (AvgIpc) is 2.88. The summed E-state index contributed by atoms with van der Waals surface area (Å²) < 4.78 is 10.8. The number of aliphatic hydroxyl groups excluding tert-OH is 1. The fourth-order valence-electron chi connectivity index (χ4n) is 3.66. The Hall–Kier alpha value is -0.940. The van der Waals surface area contributed by atoms with Crippen molar-refractivity contribution in [3.8, 4) is 0 Å². The van der Waals surface area contributed by atoms with Crippen LogP contribution in [0.15, 0.2) is 0 Å². The first kappa shape index (κ1) is 20.1. The first-order valence-corrected chi connectivity index (χ1v) is 8.75. The van der Waals surface area contributed by atoms with Gasteiger partial charge in [-0.2, -0.15) is 0 Å². The van der Waals surface area contributed by atoms with Crippen molar-refractivity contribution in [1.82, 2.24) is 0 Å². The van der Waals surface area contributed by atoms with Crippen LogP contribution in [0, 0.1) is 11.8 Å². The zero-order valence-electron chi connectivity index (χ0n) is 15.1. The summed E-state index contributed by atoms with van der Waals surface area (Å²) in [4.78, 5) is 23.5. The second-order valence-electron chi connectivity index (χ2n) is 6.90. The minimum atomic E-state index is -0.742. The molecule has 5 nitrogen and oxygen atoms in total. The maximum Gasteiger partial charge on any atom is 0.308 e. The third-order valence-corrected chi connectivity index (χ3v) is 5.09. The molecule has 0 aromatic heterocycles. The van der Waals surface area contributed by atoms with Gasteiger partial charge < -0.3 is 14.6 Å². The van der Waals surface area contributed by atoms with Gasteiger partial charge >= 0.3 is 5.97 Å². The van der Waals surface area contributed by atoms with Crippen molar-refractivity contribution < 1.29 is 24.2 Å². The molecule has 0 amide bonds. The Kier molecular flexibility index (Phi) is 7.68. The van der Waals surface area contributed by atoms with Crippen LogP contribution in [0.5, 0.6) is 0 Å². The van der Waals surface area contributed by atoms with Gasteiger partial charge in [-0.25, -0.2) is 0 Å². The molecule has 5 atom stereocenters. The van der Waals surface area contributed by atoms with Crippen molar-refractivity contribution in [2.75, 3.05) is 7.11 Å². The Morgan fingerprint density at radius 3 is 2.48 bits per heavy atom. The minimum absolute atomic E-state index is 0.000385. The van der Waals surface area contributed by atoms with Crippen molar-refractivity contribution in [3.63, 3.8) is 0 Å². The topological polar surface area (TPSA) is 72.8 Å². The summed E-state index contributed by atoms with van der Waals surface area (Å²) in [6, 6.07) is 0. The highest BCUT2D eigenvalue weighted by molar-refractivity contribution is 5.83. The number of hydrogen-bond acceptors (Lipinski definition) is 5. The van der Waals surface area contributed by atoms with E-state index >= 15 is 0 Å². The predicted molar refractivity (Wildman–Crippen MR) is 88.0 cm³/mol. The molecule has 0 spiro atoms. The van der Waals surface area contributed by atoms with E-state index in [4.69, 9.17) is 4.74 Å². The maximum atomic E-state index is 12.1. The lowest BCUT2D eigenvalue weighted by Crippen LogP contribution is -2.35. The molecule has 1 aliphatic heterocycles. The van der Waals surface area contributed by atoms with Gasteiger partial charge in [0.05, 0.1) is 25.2 Å². The monoisotopic (exact) mass is 328 g/mol.